The third-order valence-electron chi connectivity index (χ3n) is 3.91. The summed E-state index contributed by atoms with van der Waals surface area (Å²) in [5, 5.41) is 3.61. The molecule has 0 spiro atoms. The number of rotatable bonds is 6. The molecule has 3 nitrogen and oxygen atoms in total. The highest BCUT2D eigenvalue weighted by atomic mass is 16.5. The van der Waals surface area contributed by atoms with Crippen LogP contribution in [0.4, 0.5) is 0 Å². The van der Waals surface area contributed by atoms with Crippen LogP contribution in [0, 0.1) is 5.92 Å². The first-order chi connectivity index (χ1) is 8.81. The first kappa shape index (κ1) is 13.5. The van der Waals surface area contributed by atoms with Gasteiger partial charge in [-0.2, -0.15) is 0 Å². The molecule has 0 aromatic heterocycles. The van der Waals surface area contributed by atoms with Gasteiger partial charge in [0.2, 0.25) is 0 Å². The largest absolute Gasteiger partial charge is 0.381 e. The zero-order chi connectivity index (χ0) is 12.8. The van der Waals surface area contributed by atoms with E-state index in [1.807, 2.05) is 6.07 Å². The molecule has 2 rings (SSSR count). The molecule has 0 radical (unpaired) electrons. The second kappa shape index (κ2) is 6.88. The van der Waals surface area contributed by atoms with Crippen molar-refractivity contribution in [1.82, 2.24) is 5.32 Å². The lowest BCUT2D eigenvalue weighted by Gasteiger charge is -2.23. The molecular formula is C15H24N2O. The number of ether oxygens (including phenoxy) is 1. The minimum absolute atomic E-state index is 0.399. The van der Waals surface area contributed by atoms with Crippen LogP contribution in [0.5, 0.6) is 0 Å². The second-order valence-electron chi connectivity index (χ2n) is 5.16. The van der Waals surface area contributed by atoms with Crippen molar-refractivity contribution in [1.29, 1.82) is 0 Å². The Morgan fingerprint density at radius 2 is 2.17 bits per heavy atom. The molecular weight excluding hydrogens is 224 g/mol. The van der Waals surface area contributed by atoms with Gasteiger partial charge >= 0.3 is 0 Å². The number of nitrogens with two attached hydrogens (primary N) is 1. The summed E-state index contributed by atoms with van der Waals surface area (Å²) in [7, 11) is 0. The minimum atomic E-state index is 0.399. The fourth-order valence-corrected chi connectivity index (χ4v) is 2.50. The van der Waals surface area contributed by atoms with E-state index in [1.165, 1.54) is 12.0 Å². The zero-order valence-corrected chi connectivity index (χ0v) is 11.1. The average molecular weight is 248 g/mol. The zero-order valence-electron chi connectivity index (χ0n) is 11.1. The fourth-order valence-electron chi connectivity index (χ4n) is 2.50. The molecule has 0 amide bonds. The summed E-state index contributed by atoms with van der Waals surface area (Å²) in [5.41, 5.74) is 7.20. The highest BCUT2D eigenvalue weighted by Gasteiger charge is 2.22. The van der Waals surface area contributed by atoms with Crippen LogP contribution in [-0.2, 0) is 4.74 Å². The van der Waals surface area contributed by atoms with Gasteiger partial charge in [0, 0.05) is 31.7 Å². The minimum Gasteiger partial charge on any atom is -0.381 e. The maximum Gasteiger partial charge on any atom is 0.0509 e. The highest BCUT2D eigenvalue weighted by Crippen LogP contribution is 2.18. The van der Waals surface area contributed by atoms with E-state index in [0.717, 1.165) is 19.8 Å². The third kappa shape index (κ3) is 3.55. The molecule has 100 valence electrons. The summed E-state index contributed by atoms with van der Waals surface area (Å²) in [6.07, 6.45) is 1.17. The van der Waals surface area contributed by atoms with E-state index in [2.05, 4.69) is 36.5 Å². The molecule has 3 heteroatoms. The van der Waals surface area contributed by atoms with Crippen molar-refractivity contribution in [2.24, 2.45) is 11.7 Å². The smallest absolute Gasteiger partial charge is 0.0509 e. The Balaban J connectivity index is 1.83. The van der Waals surface area contributed by atoms with Gasteiger partial charge in [0.25, 0.3) is 0 Å². The topological polar surface area (TPSA) is 47.3 Å². The Morgan fingerprint density at radius 3 is 2.78 bits per heavy atom. The molecule has 0 aliphatic carbocycles. The van der Waals surface area contributed by atoms with Crippen LogP contribution >= 0.6 is 0 Å². The predicted octanol–water partition coefficient (Wildman–Crippen LogP) is 1.74. The Bertz CT molecular complexity index is 336. The summed E-state index contributed by atoms with van der Waals surface area (Å²) in [6.45, 7) is 5.68. The van der Waals surface area contributed by atoms with Gasteiger partial charge in [-0.25, -0.2) is 0 Å². The van der Waals surface area contributed by atoms with Crippen LogP contribution in [0.25, 0.3) is 0 Å². The van der Waals surface area contributed by atoms with Gasteiger partial charge in [0.1, 0.15) is 0 Å². The van der Waals surface area contributed by atoms with Gasteiger partial charge in [-0.1, -0.05) is 30.3 Å². The van der Waals surface area contributed by atoms with E-state index in [1.54, 1.807) is 0 Å². The van der Waals surface area contributed by atoms with E-state index in [9.17, 15) is 0 Å². The van der Waals surface area contributed by atoms with Crippen molar-refractivity contribution in [2.45, 2.75) is 25.3 Å². The first-order valence-corrected chi connectivity index (χ1v) is 6.87. The quantitative estimate of drug-likeness (QED) is 0.806. The number of hydrogen-bond acceptors (Lipinski definition) is 3. The summed E-state index contributed by atoms with van der Waals surface area (Å²) in [4.78, 5) is 0. The summed E-state index contributed by atoms with van der Waals surface area (Å²) < 4.78 is 5.43. The fraction of sp³-hybridized carbons (Fsp3) is 0.600. The SMILES string of the molecule is CC(NCC(CN)c1ccccc1)C1CCOC1. The molecule has 0 bridgehead atoms. The number of nitrogens with one attached hydrogen (secondary N) is 1. The molecule has 1 fully saturated rings. The molecule has 18 heavy (non-hydrogen) atoms. The van der Waals surface area contributed by atoms with Crippen LogP contribution < -0.4 is 11.1 Å². The summed E-state index contributed by atoms with van der Waals surface area (Å²) in [6, 6.07) is 11.0. The molecule has 3 N–H and O–H groups in total. The van der Waals surface area contributed by atoms with Crippen molar-refractivity contribution in [3.05, 3.63) is 35.9 Å². The lowest BCUT2D eigenvalue weighted by molar-refractivity contribution is 0.178. The summed E-state index contributed by atoms with van der Waals surface area (Å²) >= 11 is 0. The van der Waals surface area contributed by atoms with Crippen molar-refractivity contribution in [3.63, 3.8) is 0 Å². The molecule has 3 atom stereocenters. The molecule has 1 aromatic rings. The van der Waals surface area contributed by atoms with Crippen LogP contribution in [-0.4, -0.2) is 32.3 Å². The van der Waals surface area contributed by atoms with Crippen LogP contribution in [0.2, 0.25) is 0 Å². The van der Waals surface area contributed by atoms with Gasteiger partial charge < -0.3 is 15.8 Å². The van der Waals surface area contributed by atoms with Crippen molar-refractivity contribution < 1.29 is 4.74 Å². The van der Waals surface area contributed by atoms with E-state index in [-0.39, 0.29) is 0 Å². The lowest BCUT2D eigenvalue weighted by atomic mass is 9.96. The molecule has 3 unspecified atom stereocenters. The number of hydrogen-bond donors (Lipinski definition) is 2. The standard InChI is InChI=1S/C15H24N2O/c1-12(14-7-8-18-11-14)17-10-15(9-16)13-5-3-2-4-6-13/h2-6,12,14-15,17H,7-11,16H2,1H3. The van der Waals surface area contributed by atoms with Crippen molar-refractivity contribution in [3.8, 4) is 0 Å². The van der Waals surface area contributed by atoms with Gasteiger partial charge in [-0.15, -0.1) is 0 Å². The van der Waals surface area contributed by atoms with Crippen molar-refractivity contribution in [2.75, 3.05) is 26.3 Å². The predicted molar refractivity (Wildman–Crippen MR) is 74.6 cm³/mol. The average Bonchev–Trinajstić information content (AvgIpc) is 2.94. The lowest BCUT2D eigenvalue weighted by Crippen LogP contribution is -2.38. The Hall–Kier alpha value is -0.900. The third-order valence-corrected chi connectivity index (χ3v) is 3.91. The van der Waals surface area contributed by atoms with Crippen molar-refractivity contribution >= 4 is 0 Å². The Kier molecular flexibility index (Phi) is 5.17. The van der Waals surface area contributed by atoms with Gasteiger partial charge in [-0.05, 0) is 24.8 Å². The van der Waals surface area contributed by atoms with Crippen LogP contribution in [0.3, 0.4) is 0 Å². The molecule has 0 saturated carbocycles. The maximum atomic E-state index is 5.88. The molecule has 1 aliphatic heterocycles. The summed E-state index contributed by atoms with van der Waals surface area (Å²) in [5.74, 6) is 1.05. The Morgan fingerprint density at radius 1 is 1.39 bits per heavy atom. The highest BCUT2D eigenvalue weighted by molar-refractivity contribution is 5.20. The normalized spacial score (nSPS) is 22.9. The molecule has 1 aliphatic rings. The molecule has 1 saturated heterocycles. The van der Waals surface area contributed by atoms with E-state index in [0.29, 0.717) is 24.4 Å². The molecule has 1 aromatic carbocycles. The second-order valence-corrected chi connectivity index (χ2v) is 5.16. The Labute approximate surface area is 110 Å². The first-order valence-electron chi connectivity index (χ1n) is 6.87. The van der Waals surface area contributed by atoms with E-state index < -0.39 is 0 Å². The van der Waals surface area contributed by atoms with E-state index >= 15 is 0 Å². The molecule has 1 heterocycles. The van der Waals surface area contributed by atoms with Gasteiger partial charge in [0.15, 0.2) is 0 Å². The maximum absolute atomic E-state index is 5.88. The van der Waals surface area contributed by atoms with Crippen LogP contribution in [0.1, 0.15) is 24.8 Å². The monoisotopic (exact) mass is 248 g/mol. The van der Waals surface area contributed by atoms with Crippen LogP contribution in [0.15, 0.2) is 30.3 Å². The number of benzene rings is 1. The van der Waals surface area contributed by atoms with E-state index in [4.69, 9.17) is 10.5 Å². The van der Waals surface area contributed by atoms with Gasteiger partial charge in [-0.3, -0.25) is 0 Å². The van der Waals surface area contributed by atoms with Gasteiger partial charge in [0.05, 0.1) is 6.61 Å².